The molecule has 2 aromatic rings. The van der Waals surface area contributed by atoms with Gasteiger partial charge in [-0.3, -0.25) is 4.90 Å². The highest BCUT2D eigenvalue weighted by molar-refractivity contribution is 5.24. The van der Waals surface area contributed by atoms with Crippen LogP contribution in [0.3, 0.4) is 0 Å². The molecular formula is C19H23FN2. The van der Waals surface area contributed by atoms with E-state index >= 15 is 0 Å². The van der Waals surface area contributed by atoms with Gasteiger partial charge in [0.25, 0.3) is 0 Å². The van der Waals surface area contributed by atoms with E-state index < -0.39 is 0 Å². The van der Waals surface area contributed by atoms with Crippen LogP contribution in [0.5, 0.6) is 0 Å². The molecule has 1 aliphatic rings. The number of hydrogen-bond donors (Lipinski definition) is 1. The van der Waals surface area contributed by atoms with Crippen molar-refractivity contribution in [1.82, 2.24) is 10.2 Å². The monoisotopic (exact) mass is 298 g/mol. The van der Waals surface area contributed by atoms with E-state index in [-0.39, 0.29) is 5.82 Å². The van der Waals surface area contributed by atoms with E-state index in [0.717, 1.165) is 38.2 Å². The third kappa shape index (κ3) is 3.93. The van der Waals surface area contributed by atoms with Gasteiger partial charge in [0.2, 0.25) is 0 Å². The predicted molar refractivity (Wildman–Crippen MR) is 88.4 cm³/mol. The van der Waals surface area contributed by atoms with Gasteiger partial charge < -0.3 is 5.32 Å². The van der Waals surface area contributed by atoms with Crippen molar-refractivity contribution in [1.29, 1.82) is 0 Å². The van der Waals surface area contributed by atoms with Crippen molar-refractivity contribution in [2.45, 2.75) is 25.9 Å². The molecule has 2 nitrogen and oxygen atoms in total. The smallest absolute Gasteiger partial charge is 0.126 e. The lowest BCUT2D eigenvalue weighted by molar-refractivity contribution is 0.192. The second kappa shape index (κ2) is 7.03. The maximum atomic E-state index is 13.7. The molecule has 0 aliphatic carbocycles. The Morgan fingerprint density at radius 3 is 2.73 bits per heavy atom. The van der Waals surface area contributed by atoms with Crippen molar-refractivity contribution in [3.63, 3.8) is 0 Å². The predicted octanol–water partition coefficient (Wildman–Crippen LogP) is 3.15. The zero-order chi connectivity index (χ0) is 15.4. The molecule has 0 amide bonds. The van der Waals surface area contributed by atoms with Crippen LogP contribution < -0.4 is 5.32 Å². The fourth-order valence-corrected chi connectivity index (χ4v) is 3.06. The van der Waals surface area contributed by atoms with Gasteiger partial charge in [-0.2, -0.15) is 0 Å². The normalized spacial score (nSPS) is 19.3. The van der Waals surface area contributed by atoms with Crippen LogP contribution in [-0.4, -0.2) is 30.6 Å². The lowest BCUT2D eigenvalue weighted by Gasteiger charge is -2.34. The summed E-state index contributed by atoms with van der Waals surface area (Å²) in [7, 11) is 0. The molecule has 0 spiro atoms. The summed E-state index contributed by atoms with van der Waals surface area (Å²) in [6.45, 7) is 5.85. The van der Waals surface area contributed by atoms with Crippen molar-refractivity contribution in [2.24, 2.45) is 0 Å². The summed E-state index contributed by atoms with van der Waals surface area (Å²) in [5.74, 6) is -0.102. The minimum absolute atomic E-state index is 0.102. The highest BCUT2D eigenvalue weighted by Crippen LogP contribution is 2.14. The molecule has 2 aromatic carbocycles. The van der Waals surface area contributed by atoms with E-state index in [2.05, 4.69) is 40.5 Å². The first kappa shape index (κ1) is 15.2. The third-order valence-electron chi connectivity index (χ3n) is 4.31. The maximum Gasteiger partial charge on any atom is 0.126 e. The Morgan fingerprint density at radius 1 is 1.14 bits per heavy atom. The first-order valence-corrected chi connectivity index (χ1v) is 7.95. The first-order chi connectivity index (χ1) is 10.7. The average molecular weight is 298 g/mol. The van der Waals surface area contributed by atoms with Gasteiger partial charge in [0.15, 0.2) is 0 Å². The van der Waals surface area contributed by atoms with Crippen LogP contribution in [0.25, 0.3) is 0 Å². The highest BCUT2D eigenvalue weighted by atomic mass is 19.1. The molecule has 0 radical (unpaired) electrons. The van der Waals surface area contributed by atoms with Crippen LogP contribution >= 0.6 is 0 Å². The standard InChI is InChI=1S/C19H23FN2/c1-15-7-8-17(12-19(15)20)11-18-14-22(10-9-21-18)13-16-5-3-2-4-6-16/h2-8,12,18,21H,9-11,13-14H2,1H3. The summed E-state index contributed by atoms with van der Waals surface area (Å²) in [4.78, 5) is 2.47. The average Bonchev–Trinajstić information content (AvgIpc) is 2.52. The van der Waals surface area contributed by atoms with Crippen molar-refractivity contribution in [2.75, 3.05) is 19.6 Å². The topological polar surface area (TPSA) is 15.3 Å². The summed E-state index contributed by atoms with van der Waals surface area (Å²) in [5, 5.41) is 3.55. The van der Waals surface area contributed by atoms with Crippen LogP contribution in [0, 0.1) is 12.7 Å². The van der Waals surface area contributed by atoms with Crippen LogP contribution in [-0.2, 0) is 13.0 Å². The maximum absolute atomic E-state index is 13.7. The summed E-state index contributed by atoms with van der Waals surface area (Å²) < 4.78 is 13.7. The molecule has 1 heterocycles. The van der Waals surface area contributed by atoms with Gasteiger partial charge in [-0.1, -0.05) is 42.5 Å². The Kier molecular flexibility index (Phi) is 4.86. The third-order valence-corrected chi connectivity index (χ3v) is 4.31. The molecule has 1 aliphatic heterocycles. The van der Waals surface area contributed by atoms with Gasteiger partial charge in [0.1, 0.15) is 5.82 Å². The van der Waals surface area contributed by atoms with Gasteiger partial charge in [0.05, 0.1) is 0 Å². The molecular weight excluding hydrogens is 275 g/mol. The molecule has 3 rings (SSSR count). The number of aryl methyl sites for hydroxylation is 1. The molecule has 0 aromatic heterocycles. The number of benzene rings is 2. The molecule has 1 atom stereocenters. The lowest BCUT2D eigenvalue weighted by atomic mass is 10.0. The molecule has 3 heteroatoms. The number of rotatable bonds is 4. The van der Waals surface area contributed by atoms with Gasteiger partial charge in [-0.15, -0.1) is 0 Å². The Labute approximate surface area is 132 Å². The van der Waals surface area contributed by atoms with Crippen molar-refractivity contribution in [3.05, 3.63) is 71.0 Å². The summed E-state index contributed by atoms with van der Waals surface area (Å²) >= 11 is 0. The molecule has 0 bridgehead atoms. The van der Waals surface area contributed by atoms with Gasteiger partial charge >= 0.3 is 0 Å². The minimum Gasteiger partial charge on any atom is -0.311 e. The zero-order valence-electron chi connectivity index (χ0n) is 13.1. The van der Waals surface area contributed by atoms with E-state index in [9.17, 15) is 4.39 Å². The molecule has 1 unspecified atom stereocenters. The Bertz CT molecular complexity index is 612. The molecule has 1 fully saturated rings. The van der Waals surface area contributed by atoms with Gasteiger partial charge in [0, 0.05) is 32.2 Å². The number of halogens is 1. The van der Waals surface area contributed by atoms with E-state index in [4.69, 9.17) is 0 Å². The second-order valence-electron chi connectivity index (χ2n) is 6.16. The van der Waals surface area contributed by atoms with E-state index in [1.807, 2.05) is 12.1 Å². The number of nitrogens with zero attached hydrogens (tertiary/aromatic N) is 1. The highest BCUT2D eigenvalue weighted by Gasteiger charge is 2.19. The van der Waals surface area contributed by atoms with Crippen molar-refractivity contribution >= 4 is 0 Å². The molecule has 116 valence electrons. The van der Waals surface area contributed by atoms with Crippen LogP contribution in [0.4, 0.5) is 4.39 Å². The minimum atomic E-state index is -0.102. The second-order valence-corrected chi connectivity index (χ2v) is 6.16. The first-order valence-electron chi connectivity index (χ1n) is 7.95. The van der Waals surface area contributed by atoms with Crippen LogP contribution in [0.15, 0.2) is 48.5 Å². The zero-order valence-corrected chi connectivity index (χ0v) is 13.1. The van der Waals surface area contributed by atoms with Crippen molar-refractivity contribution < 1.29 is 4.39 Å². The summed E-state index contributed by atoms with van der Waals surface area (Å²) in [6, 6.07) is 16.5. The van der Waals surface area contributed by atoms with E-state index in [1.165, 1.54) is 5.56 Å². The van der Waals surface area contributed by atoms with E-state index in [1.54, 1.807) is 13.0 Å². The molecule has 1 saturated heterocycles. The Balaban J connectivity index is 1.59. The molecule has 1 N–H and O–H groups in total. The van der Waals surface area contributed by atoms with Crippen LogP contribution in [0.2, 0.25) is 0 Å². The number of nitrogens with one attached hydrogen (secondary N) is 1. The Hall–Kier alpha value is -1.71. The SMILES string of the molecule is Cc1ccc(CC2CN(Cc3ccccc3)CCN2)cc1F. The fraction of sp³-hybridized carbons (Fsp3) is 0.368. The fourth-order valence-electron chi connectivity index (χ4n) is 3.06. The van der Waals surface area contributed by atoms with Gasteiger partial charge in [-0.05, 0) is 36.1 Å². The summed E-state index contributed by atoms with van der Waals surface area (Å²) in [5.41, 5.74) is 3.14. The summed E-state index contributed by atoms with van der Waals surface area (Å²) in [6.07, 6.45) is 0.877. The largest absolute Gasteiger partial charge is 0.311 e. The van der Waals surface area contributed by atoms with Gasteiger partial charge in [-0.25, -0.2) is 4.39 Å². The number of piperazine rings is 1. The van der Waals surface area contributed by atoms with Crippen LogP contribution in [0.1, 0.15) is 16.7 Å². The lowest BCUT2D eigenvalue weighted by Crippen LogP contribution is -2.51. The van der Waals surface area contributed by atoms with Crippen molar-refractivity contribution in [3.8, 4) is 0 Å². The molecule has 0 saturated carbocycles. The quantitative estimate of drug-likeness (QED) is 0.933. The molecule has 22 heavy (non-hydrogen) atoms. The van der Waals surface area contributed by atoms with E-state index in [0.29, 0.717) is 11.6 Å². The number of hydrogen-bond acceptors (Lipinski definition) is 2. The Morgan fingerprint density at radius 2 is 1.95 bits per heavy atom.